The minimum atomic E-state index is -0.350. The molecule has 2 aromatic rings. The number of amides is 1. The molecule has 140 valence electrons. The van der Waals surface area contributed by atoms with Crippen LogP contribution in [0.25, 0.3) is 0 Å². The van der Waals surface area contributed by atoms with Gasteiger partial charge in [0.25, 0.3) is 5.91 Å². The number of hydrogen-bond acceptors (Lipinski definition) is 4. The number of carbonyl (C=O) groups excluding carboxylic acids is 1. The minimum absolute atomic E-state index is 0.0508. The van der Waals surface area contributed by atoms with Crippen molar-refractivity contribution in [2.24, 2.45) is 7.05 Å². The van der Waals surface area contributed by atoms with Gasteiger partial charge in [0.15, 0.2) is 5.69 Å². The first-order chi connectivity index (χ1) is 12.4. The van der Waals surface area contributed by atoms with Crippen LogP contribution in [0.4, 0.5) is 4.39 Å². The highest BCUT2D eigenvalue weighted by Gasteiger charge is 2.32. The zero-order valence-electron chi connectivity index (χ0n) is 15.5. The summed E-state index contributed by atoms with van der Waals surface area (Å²) < 4.78 is 26.2. The standard InChI is InChI=1S/C19H24FN3O3/c1-12-10-16-17(21-23(4)18(16)13(2)26-12)19(24)22(3)8-9-25-15-7-5-6-14(20)11-15/h5-7,11-13H,8-10H2,1-4H3/t12-,13+/m1/s1. The highest BCUT2D eigenvalue weighted by molar-refractivity contribution is 5.94. The molecule has 26 heavy (non-hydrogen) atoms. The lowest BCUT2D eigenvalue weighted by Crippen LogP contribution is -2.32. The Balaban J connectivity index is 1.66. The van der Waals surface area contributed by atoms with E-state index in [9.17, 15) is 9.18 Å². The van der Waals surface area contributed by atoms with E-state index in [2.05, 4.69) is 5.10 Å². The monoisotopic (exact) mass is 361 g/mol. The fourth-order valence-electron chi connectivity index (χ4n) is 3.35. The molecule has 0 N–H and O–H groups in total. The topological polar surface area (TPSA) is 56.6 Å². The van der Waals surface area contributed by atoms with Crippen molar-refractivity contribution in [2.45, 2.75) is 32.5 Å². The first-order valence-corrected chi connectivity index (χ1v) is 8.72. The fraction of sp³-hybridized carbons (Fsp3) is 0.474. The second-order valence-electron chi connectivity index (χ2n) is 6.66. The van der Waals surface area contributed by atoms with E-state index in [-0.39, 0.29) is 30.5 Å². The Morgan fingerprint density at radius 1 is 1.46 bits per heavy atom. The number of rotatable bonds is 5. The van der Waals surface area contributed by atoms with Crippen LogP contribution in [-0.4, -0.2) is 46.9 Å². The fourth-order valence-corrected chi connectivity index (χ4v) is 3.35. The predicted molar refractivity (Wildman–Crippen MR) is 94.7 cm³/mol. The number of halogens is 1. The van der Waals surface area contributed by atoms with Gasteiger partial charge in [-0.1, -0.05) is 6.07 Å². The molecule has 0 unspecified atom stereocenters. The molecular weight excluding hydrogens is 337 g/mol. The van der Waals surface area contributed by atoms with Gasteiger partial charge in [0.05, 0.1) is 24.4 Å². The van der Waals surface area contributed by atoms with Crippen molar-refractivity contribution < 1.29 is 18.7 Å². The van der Waals surface area contributed by atoms with Crippen molar-refractivity contribution in [1.82, 2.24) is 14.7 Å². The van der Waals surface area contributed by atoms with Crippen LogP contribution in [0.5, 0.6) is 5.75 Å². The molecule has 2 atom stereocenters. The van der Waals surface area contributed by atoms with Gasteiger partial charge in [-0.25, -0.2) is 4.39 Å². The van der Waals surface area contributed by atoms with E-state index in [1.54, 1.807) is 28.8 Å². The molecule has 2 heterocycles. The zero-order valence-corrected chi connectivity index (χ0v) is 15.5. The van der Waals surface area contributed by atoms with Gasteiger partial charge in [0, 0.05) is 32.1 Å². The van der Waals surface area contributed by atoms with E-state index in [4.69, 9.17) is 9.47 Å². The number of aromatic nitrogens is 2. The number of likely N-dealkylation sites (N-methyl/N-ethyl adjacent to an activating group) is 1. The largest absolute Gasteiger partial charge is 0.492 e. The third kappa shape index (κ3) is 3.72. The Kier molecular flexibility index (Phi) is 5.27. The summed E-state index contributed by atoms with van der Waals surface area (Å²) in [6.45, 7) is 4.62. The van der Waals surface area contributed by atoms with Gasteiger partial charge in [-0.2, -0.15) is 5.10 Å². The number of benzene rings is 1. The van der Waals surface area contributed by atoms with Crippen LogP contribution in [0.1, 0.15) is 41.7 Å². The molecule has 0 bridgehead atoms. The average Bonchev–Trinajstić information content (AvgIpc) is 2.90. The molecule has 6 nitrogen and oxygen atoms in total. The Morgan fingerprint density at radius 3 is 2.96 bits per heavy atom. The van der Waals surface area contributed by atoms with E-state index in [0.29, 0.717) is 24.4 Å². The molecule has 3 rings (SSSR count). The average molecular weight is 361 g/mol. The van der Waals surface area contributed by atoms with Gasteiger partial charge < -0.3 is 14.4 Å². The van der Waals surface area contributed by atoms with Crippen LogP contribution in [0.15, 0.2) is 24.3 Å². The maximum absolute atomic E-state index is 13.2. The Labute approximate surface area is 152 Å². The summed E-state index contributed by atoms with van der Waals surface area (Å²) in [5, 5.41) is 4.43. The summed E-state index contributed by atoms with van der Waals surface area (Å²) >= 11 is 0. The van der Waals surface area contributed by atoms with Crippen molar-refractivity contribution in [3.63, 3.8) is 0 Å². The lowest BCUT2D eigenvalue weighted by atomic mass is 9.99. The van der Waals surface area contributed by atoms with Crippen LogP contribution in [0, 0.1) is 5.82 Å². The molecule has 0 fully saturated rings. The SMILES string of the molecule is C[C@@H]1Cc2c(C(=O)N(C)CCOc3cccc(F)c3)nn(C)c2[C@H](C)O1. The van der Waals surface area contributed by atoms with Gasteiger partial charge >= 0.3 is 0 Å². The molecule has 1 amide bonds. The Hall–Kier alpha value is -2.41. The van der Waals surface area contributed by atoms with E-state index >= 15 is 0 Å². The third-order valence-corrected chi connectivity index (χ3v) is 4.55. The number of carbonyl (C=O) groups is 1. The van der Waals surface area contributed by atoms with Crippen LogP contribution < -0.4 is 4.74 Å². The normalized spacial score (nSPS) is 19.1. The quantitative estimate of drug-likeness (QED) is 0.822. The predicted octanol–water partition coefficient (Wildman–Crippen LogP) is 2.73. The minimum Gasteiger partial charge on any atom is -0.492 e. The zero-order chi connectivity index (χ0) is 18.8. The van der Waals surface area contributed by atoms with E-state index in [0.717, 1.165) is 11.3 Å². The van der Waals surface area contributed by atoms with Crippen LogP contribution in [0.3, 0.4) is 0 Å². The van der Waals surface area contributed by atoms with Gasteiger partial charge in [0.2, 0.25) is 0 Å². The van der Waals surface area contributed by atoms with Gasteiger partial charge in [-0.3, -0.25) is 9.48 Å². The molecule has 1 aromatic heterocycles. The highest BCUT2D eigenvalue weighted by Crippen LogP contribution is 2.32. The number of ether oxygens (including phenoxy) is 2. The number of nitrogens with zero attached hydrogens (tertiary/aromatic N) is 3. The Morgan fingerprint density at radius 2 is 2.23 bits per heavy atom. The maximum atomic E-state index is 13.2. The summed E-state index contributed by atoms with van der Waals surface area (Å²) in [6, 6.07) is 5.95. The van der Waals surface area contributed by atoms with Crippen molar-refractivity contribution in [2.75, 3.05) is 20.2 Å². The molecule has 0 aliphatic carbocycles. The van der Waals surface area contributed by atoms with Crippen molar-refractivity contribution >= 4 is 5.91 Å². The maximum Gasteiger partial charge on any atom is 0.274 e. The smallest absolute Gasteiger partial charge is 0.274 e. The number of fused-ring (bicyclic) bond motifs is 1. The Bertz CT molecular complexity index is 805. The van der Waals surface area contributed by atoms with Crippen LogP contribution >= 0.6 is 0 Å². The molecule has 1 aliphatic heterocycles. The molecule has 0 saturated heterocycles. The van der Waals surface area contributed by atoms with Crippen LogP contribution in [-0.2, 0) is 18.2 Å². The summed E-state index contributed by atoms with van der Waals surface area (Å²) in [6.07, 6.45) is 0.631. The van der Waals surface area contributed by atoms with E-state index in [1.807, 2.05) is 20.9 Å². The molecule has 1 aliphatic rings. The first kappa shape index (κ1) is 18.4. The van der Waals surface area contributed by atoms with Gasteiger partial charge in [-0.15, -0.1) is 0 Å². The number of hydrogen-bond donors (Lipinski definition) is 0. The summed E-state index contributed by atoms with van der Waals surface area (Å²) in [5.74, 6) is -0.0515. The second-order valence-corrected chi connectivity index (χ2v) is 6.66. The van der Waals surface area contributed by atoms with Crippen molar-refractivity contribution in [3.05, 3.63) is 47.0 Å². The molecule has 0 saturated carbocycles. The molecule has 0 spiro atoms. The second kappa shape index (κ2) is 7.45. The van der Waals surface area contributed by atoms with E-state index < -0.39 is 0 Å². The molecule has 7 heteroatoms. The van der Waals surface area contributed by atoms with Gasteiger partial charge in [-0.05, 0) is 26.0 Å². The van der Waals surface area contributed by atoms with E-state index in [1.165, 1.54) is 12.1 Å². The summed E-state index contributed by atoms with van der Waals surface area (Å²) in [4.78, 5) is 14.4. The van der Waals surface area contributed by atoms with Crippen LogP contribution in [0.2, 0.25) is 0 Å². The molecule has 1 aromatic carbocycles. The summed E-state index contributed by atoms with van der Waals surface area (Å²) in [7, 11) is 3.54. The van der Waals surface area contributed by atoms with Gasteiger partial charge in [0.1, 0.15) is 18.2 Å². The first-order valence-electron chi connectivity index (χ1n) is 8.72. The number of aryl methyl sites for hydroxylation is 1. The van der Waals surface area contributed by atoms with Crippen molar-refractivity contribution in [1.29, 1.82) is 0 Å². The lowest BCUT2D eigenvalue weighted by molar-refractivity contribution is -0.00906. The van der Waals surface area contributed by atoms with Crippen molar-refractivity contribution in [3.8, 4) is 5.75 Å². The highest BCUT2D eigenvalue weighted by atomic mass is 19.1. The lowest BCUT2D eigenvalue weighted by Gasteiger charge is -2.26. The summed E-state index contributed by atoms with van der Waals surface area (Å²) in [5.41, 5.74) is 2.38. The third-order valence-electron chi connectivity index (χ3n) is 4.55. The molecular formula is C19H24FN3O3. The molecule has 0 radical (unpaired) electrons.